The van der Waals surface area contributed by atoms with Crippen LogP contribution in [0.3, 0.4) is 0 Å². The van der Waals surface area contributed by atoms with Crippen molar-refractivity contribution in [2.24, 2.45) is 11.7 Å². The molecule has 0 amide bonds. The van der Waals surface area contributed by atoms with Gasteiger partial charge in [0.05, 0.1) is 0 Å². The van der Waals surface area contributed by atoms with Gasteiger partial charge in [-0.25, -0.2) is 0 Å². The summed E-state index contributed by atoms with van der Waals surface area (Å²) < 4.78 is 0. The molecule has 2 rings (SSSR count). The Morgan fingerprint density at radius 2 is 2.31 bits per heavy atom. The Morgan fingerprint density at radius 1 is 1.56 bits per heavy atom. The third-order valence-corrected chi connectivity index (χ3v) is 4.36. The number of hydrogen-bond acceptors (Lipinski definition) is 3. The summed E-state index contributed by atoms with van der Waals surface area (Å²) in [5.41, 5.74) is 4.94. The summed E-state index contributed by atoms with van der Waals surface area (Å²) in [5.74, 6) is -0.0289. The van der Waals surface area contributed by atoms with Crippen molar-refractivity contribution >= 4 is 5.97 Å². The van der Waals surface area contributed by atoms with Gasteiger partial charge in [0.15, 0.2) is 0 Å². The number of carbonyl (C=O) groups is 1. The maximum absolute atomic E-state index is 11.1. The van der Waals surface area contributed by atoms with E-state index in [0.717, 1.165) is 25.4 Å². The van der Waals surface area contributed by atoms with Gasteiger partial charge in [-0.05, 0) is 38.1 Å². The van der Waals surface area contributed by atoms with Gasteiger partial charge < -0.3 is 15.7 Å². The van der Waals surface area contributed by atoms with Gasteiger partial charge >= 0.3 is 5.97 Å². The predicted octanol–water partition coefficient (Wildman–Crippen LogP) is 1.05. The van der Waals surface area contributed by atoms with Crippen LogP contribution in [-0.4, -0.2) is 40.6 Å². The summed E-state index contributed by atoms with van der Waals surface area (Å²) in [6.45, 7) is 4.49. The molecule has 2 fully saturated rings. The minimum atomic E-state index is -0.963. The highest BCUT2D eigenvalue weighted by molar-refractivity contribution is 5.79. The average molecular weight is 226 g/mol. The van der Waals surface area contributed by atoms with Gasteiger partial charge in [0.2, 0.25) is 0 Å². The summed E-state index contributed by atoms with van der Waals surface area (Å²) in [5, 5.41) is 9.09. The van der Waals surface area contributed by atoms with Gasteiger partial charge in [-0.15, -0.1) is 0 Å². The van der Waals surface area contributed by atoms with Crippen molar-refractivity contribution in [2.45, 2.75) is 50.6 Å². The number of likely N-dealkylation sites (tertiary alicyclic amines) is 1. The standard InChI is InChI=1S/C12H22N2O2/c1-2-9-4-6-14(8-9)10-3-5-12(13,7-10)11(15)16/h9-10H,2-8,13H2,1H3,(H,15,16). The summed E-state index contributed by atoms with van der Waals surface area (Å²) in [6.07, 6.45) is 4.69. The van der Waals surface area contributed by atoms with E-state index in [0.29, 0.717) is 18.9 Å². The van der Waals surface area contributed by atoms with Crippen LogP contribution in [0.25, 0.3) is 0 Å². The van der Waals surface area contributed by atoms with Crippen LogP contribution in [0.1, 0.15) is 39.0 Å². The first kappa shape index (κ1) is 11.9. The second kappa shape index (κ2) is 4.34. The molecule has 1 heterocycles. The fourth-order valence-corrected chi connectivity index (χ4v) is 3.08. The highest BCUT2D eigenvalue weighted by Gasteiger charge is 2.44. The molecule has 0 spiro atoms. The number of nitrogens with two attached hydrogens (primary N) is 1. The van der Waals surface area contributed by atoms with E-state index in [2.05, 4.69) is 11.8 Å². The van der Waals surface area contributed by atoms with Crippen LogP contribution < -0.4 is 5.73 Å². The zero-order valence-electron chi connectivity index (χ0n) is 9.98. The number of nitrogens with zero attached hydrogens (tertiary/aromatic N) is 1. The van der Waals surface area contributed by atoms with Crippen LogP contribution in [0, 0.1) is 5.92 Å². The summed E-state index contributed by atoms with van der Waals surface area (Å²) in [6, 6.07) is 0.401. The summed E-state index contributed by atoms with van der Waals surface area (Å²) in [4.78, 5) is 13.5. The van der Waals surface area contributed by atoms with Gasteiger partial charge in [-0.1, -0.05) is 13.3 Å². The Labute approximate surface area is 96.8 Å². The minimum Gasteiger partial charge on any atom is -0.480 e. The number of rotatable bonds is 3. The van der Waals surface area contributed by atoms with Crippen molar-refractivity contribution in [3.8, 4) is 0 Å². The Morgan fingerprint density at radius 3 is 2.81 bits per heavy atom. The lowest BCUT2D eigenvalue weighted by atomic mass is 9.99. The van der Waals surface area contributed by atoms with E-state index in [1.165, 1.54) is 12.8 Å². The molecule has 1 saturated carbocycles. The Hall–Kier alpha value is -0.610. The third kappa shape index (κ3) is 2.09. The van der Waals surface area contributed by atoms with E-state index >= 15 is 0 Å². The number of aliphatic carboxylic acids is 1. The van der Waals surface area contributed by atoms with Crippen LogP contribution in [-0.2, 0) is 4.79 Å². The summed E-state index contributed by atoms with van der Waals surface area (Å²) >= 11 is 0. The lowest BCUT2D eigenvalue weighted by molar-refractivity contribution is -0.143. The fraction of sp³-hybridized carbons (Fsp3) is 0.917. The molecule has 2 aliphatic rings. The first-order valence-electron chi connectivity index (χ1n) is 6.31. The van der Waals surface area contributed by atoms with Gasteiger partial charge in [-0.2, -0.15) is 0 Å². The van der Waals surface area contributed by atoms with E-state index in [4.69, 9.17) is 10.8 Å². The highest BCUT2D eigenvalue weighted by atomic mass is 16.4. The van der Waals surface area contributed by atoms with Crippen LogP contribution >= 0.6 is 0 Å². The Balaban J connectivity index is 1.92. The molecule has 3 atom stereocenters. The van der Waals surface area contributed by atoms with Gasteiger partial charge in [0.25, 0.3) is 0 Å². The van der Waals surface area contributed by atoms with Crippen LogP contribution in [0.5, 0.6) is 0 Å². The van der Waals surface area contributed by atoms with Crippen molar-refractivity contribution in [2.75, 3.05) is 13.1 Å². The largest absolute Gasteiger partial charge is 0.480 e. The summed E-state index contributed by atoms with van der Waals surface area (Å²) in [7, 11) is 0. The molecule has 92 valence electrons. The van der Waals surface area contributed by atoms with Gasteiger partial charge in [-0.3, -0.25) is 4.79 Å². The second-order valence-electron chi connectivity index (χ2n) is 5.42. The monoisotopic (exact) mass is 226 g/mol. The van der Waals surface area contributed by atoms with E-state index in [-0.39, 0.29) is 0 Å². The lowest BCUT2D eigenvalue weighted by Gasteiger charge is -2.25. The fourth-order valence-electron chi connectivity index (χ4n) is 3.08. The SMILES string of the molecule is CCC1CCN(C2CCC(N)(C(=O)O)C2)C1. The molecule has 1 aliphatic heterocycles. The molecule has 0 radical (unpaired) electrons. The van der Waals surface area contributed by atoms with E-state index in [9.17, 15) is 4.79 Å². The molecular formula is C12H22N2O2. The first-order chi connectivity index (χ1) is 7.55. The van der Waals surface area contributed by atoms with E-state index in [1.807, 2.05) is 0 Å². The van der Waals surface area contributed by atoms with Crippen molar-refractivity contribution in [3.63, 3.8) is 0 Å². The van der Waals surface area contributed by atoms with Crippen molar-refractivity contribution < 1.29 is 9.90 Å². The van der Waals surface area contributed by atoms with Crippen molar-refractivity contribution in [1.29, 1.82) is 0 Å². The van der Waals surface area contributed by atoms with Crippen molar-refractivity contribution in [1.82, 2.24) is 4.90 Å². The normalized spacial score (nSPS) is 40.4. The highest BCUT2D eigenvalue weighted by Crippen LogP contribution is 2.34. The third-order valence-electron chi connectivity index (χ3n) is 4.36. The van der Waals surface area contributed by atoms with Gasteiger partial charge in [0.1, 0.15) is 5.54 Å². The molecule has 1 saturated heterocycles. The minimum absolute atomic E-state index is 0.401. The number of carboxylic acids is 1. The molecular weight excluding hydrogens is 204 g/mol. The first-order valence-corrected chi connectivity index (χ1v) is 6.31. The molecule has 0 aromatic heterocycles. The zero-order valence-corrected chi connectivity index (χ0v) is 9.98. The molecule has 0 aromatic carbocycles. The molecule has 16 heavy (non-hydrogen) atoms. The maximum atomic E-state index is 11.1. The molecule has 4 heteroatoms. The van der Waals surface area contributed by atoms with E-state index in [1.54, 1.807) is 0 Å². The molecule has 4 nitrogen and oxygen atoms in total. The van der Waals surface area contributed by atoms with Crippen molar-refractivity contribution in [3.05, 3.63) is 0 Å². The molecule has 1 aliphatic carbocycles. The second-order valence-corrected chi connectivity index (χ2v) is 5.42. The predicted molar refractivity (Wildman–Crippen MR) is 62.2 cm³/mol. The van der Waals surface area contributed by atoms with E-state index < -0.39 is 11.5 Å². The van der Waals surface area contributed by atoms with Gasteiger partial charge in [0, 0.05) is 12.6 Å². The Bertz CT molecular complexity index is 282. The van der Waals surface area contributed by atoms with Crippen LogP contribution in [0.2, 0.25) is 0 Å². The Kier molecular flexibility index (Phi) is 3.22. The topological polar surface area (TPSA) is 66.6 Å². The molecule has 3 N–H and O–H groups in total. The number of hydrogen-bond donors (Lipinski definition) is 2. The smallest absolute Gasteiger partial charge is 0.323 e. The van der Waals surface area contributed by atoms with Crippen LogP contribution in [0.15, 0.2) is 0 Å². The molecule has 0 bridgehead atoms. The molecule has 3 unspecified atom stereocenters. The number of carboxylic acid groups (broad SMARTS) is 1. The molecule has 0 aromatic rings. The van der Waals surface area contributed by atoms with Crippen LogP contribution in [0.4, 0.5) is 0 Å². The lowest BCUT2D eigenvalue weighted by Crippen LogP contribution is -2.47. The quantitative estimate of drug-likeness (QED) is 0.755. The maximum Gasteiger partial charge on any atom is 0.323 e. The zero-order chi connectivity index (χ0) is 11.8. The average Bonchev–Trinajstić information content (AvgIpc) is 2.84.